The topological polar surface area (TPSA) is 95.1 Å². The van der Waals surface area contributed by atoms with E-state index in [1.807, 2.05) is 26.1 Å². The fourth-order valence-electron chi connectivity index (χ4n) is 3.40. The number of aryl methyl sites for hydroxylation is 2. The van der Waals surface area contributed by atoms with Gasteiger partial charge in [0.15, 0.2) is 0 Å². The minimum Gasteiger partial charge on any atom is -0.494 e. The van der Waals surface area contributed by atoms with Crippen LogP contribution in [0.5, 0.6) is 5.75 Å². The predicted octanol–water partition coefficient (Wildman–Crippen LogP) is 4.74. The Morgan fingerprint density at radius 2 is 2.03 bits per heavy atom. The number of ether oxygens (including phenoxy) is 1. The molecule has 4 aromatic rings. The third kappa shape index (κ3) is 3.41. The van der Waals surface area contributed by atoms with Gasteiger partial charge in [0.25, 0.3) is 0 Å². The van der Waals surface area contributed by atoms with E-state index in [9.17, 15) is 14.5 Å². The summed E-state index contributed by atoms with van der Waals surface area (Å²) in [5.41, 5.74) is 3.38. The Kier molecular flexibility index (Phi) is 4.78. The summed E-state index contributed by atoms with van der Waals surface area (Å²) >= 11 is 0. The van der Waals surface area contributed by atoms with Crippen molar-refractivity contribution in [2.75, 3.05) is 12.4 Å². The normalized spacial score (nSPS) is 10.9. The molecule has 9 heteroatoms. The Balaban J connectivity index is 1.72. The second-order valence-corrected chi connectivity index (χ2v) is 6.81. The number of methoxy groups -OCH3 is 1. The fraction of sp³-hybridized carbons (Fsp3) is 0.143. The Bertz CT molecular complexity index is 1290. The first-order valence-corrected chi connectivity index (χ1v) is 9.05. The smallest absolute Gasteiger partial charge is 0.307 e. The number of hydrogen-bond acceptors (Lipinski definition) is 6. The van der Waals surface area contributed by atoms with E-state index in [-0.39, 0.29) is 17.4 Å². The standard InChI is InChI=1S/C21H18FN5O3/c1-12-11-26(2)18-5-4-13(8-14(12)18)16-6-7-23-21(24-16)25-17-10-19(27(28)29)15(22)9-20(17)30-3/h4-11H,1-3H3,(H,23,24,25). The van der Waals surface area contributed by atoms with Gasteiger partial charge >= 0.3 is 5.69 Å². The predicted molar refractivity (Wildman–Crippen MR) is 112 cm³/mol. The van der Waals surface area contributed by atoms with Crippen molar-refractivity contribution < 1.29 is 14.1 Å². The molecule has 0 saturated heterocycles. The summed E-state index contributed by atoms with van der Waals surface area (Å²) in [7, 11) is 3.34. The number of benzene rings is 2. The lowest BCUT2D eigenvalue weighted by Crippen LogP contribution is -2.02. The molecule has 0 fully saturated rings. The first-order valence-electron chi connectivity index (χ1n) is 9.05. The van der Waals surface area contributed by atoms with Crippen LogP contribution in [0, 0.1) is 22.9 Å². The van der Waals surface area contributed by atoms with E-state index in [1.54, 1.807) is 12.3 Å². The first-order chi connectivity index (χ1) is 14.4. The van der Waals surface area contributed by atoms with Gasteiger partial charge in [0.05, 0.1) is 23.4 Å². The van der Waals surface area contributed by atoms with Gasteiger partial charge in [0, 0.05) is 48.0 Å². The number of hydrogen-bond donors (Lipinski definition) is 1. The highest BCUT2D eigenvalue weighted by atomic mass is 19.1. The number of halogens is 1. The lowest BCUT2D eigenvalue weighted by Gasteiger charge is -2.11. The molecule has 0 saturated carbocycles. The molecule has 0 bridgehead atoms. The number of anilines is 2. The second kappa shape index (κ2) is 7.43. The van der Waals surface area contributed by atoms with Crippen LogP contribution < -0.4 is 10.1 Å². The molecule has 2 heterocycles. The maximum Gasteiger partial charge on any atom is 0.307 e. The van der Waals surface area contributed by atoms with Crippen LogP contribution in [0.2, 0.25) is 0 Å². The number of nitro benzene ring substituents is 1. The quantitative estimate of drug-likeness (QED) is 0.379. The van der Waals surface area contributed by atoms with Gasteiger partial charge in [-0.25, -0.2) is 9.97 Å². The van der Waals surface area contributed by atoms with E-state index < -0.39 is 16.4 Å². The molecule has 2 aromatic carbocycles. The average molecular weight is 407 g/mol. The third-order valence-corrected chi connectivity index (χ3v) is 4.85. The van der Waals surface area contributed by atoms with Gasteiger partial charge in [-0.2, -0.15) is 4.39 Å². The molecule has 152 valence electrons. The maximum absolute atomic E-state index is 13.9. The van der Waals surface area contributed by atoms with Crippen LogP contribution in [0.1, 0.15) is 5.56 Å². The van der Waals surface area contributed by atoms with Crippen molar-refractivity contribution in [2.45, 2.75) is 6.92 Å². The van der Waals surface area contributed by atoms with Gasteiger partial charge in [-0.15, -0.1) is 0 Å². The molecule has 1 N–H and O–H groups in total. The van der Waals surface area contributed by atoms with E-state index in [4.69, 9.17) is 4.74 Å². The van der Waals surface area contributed by atoms with Gasteiger partial charge < -0.3 is 14.6 Å². The lowest BCUT2D eigenvalue weighted by atomic mass is 10.1. The summed E-state index contributed by atoms with van der Waals surface area (Å²) in [4.78, 5) is 18.9. The first kappa shape index (κ1) is 19.3. The molecule has 30 heavy (non-hydrogen) atoms. The number of nitrogens with one attached hydrogen (secondary N) is 1. The molecular formula is C21H18FN5O3. The van der Waals surface area contributed by atoms with Crippen molar-refractivity contribution in [3.63, 3.8) is 0 Å². The molecule has 2 aromatic heterocycles. The number of nitro groups is 1. The van der Waals surface area contributed by atoms with Gasteiger partial charge in [-0.1, -0.05) is 6.07 Å². The van der Waals surface area contributed by atoms with Gasteiger partial charge in [0.1, 0.15) is 5.75 Å². The van der Waals surface area contributed by atoms with Crippen molar-refractivity contribution in [2.24, 2.45) is 7.05 Å². The van der Waals surface area contributed by atoms with Crippen molar-refractivity contribution in [1.82, 2.24) is 14.5 Å². The molecule has 0 unspecified atom stereocenters. The molecule has 0 radical (unpaired) electrons. The summed E-state index contributed by atoms with van der Waals surface area (Å²) in [5.74, 6) is -0.673. The Morgan fingerprint density at radius 3 is 2.77 bits per heavy atom. The van der Waals surface area contributed by atoms with E-state index in [1.165, 1.54) is 7.11 Å². The van der Waals surface area contributed by atoms with Crippen molar-refractivity contribution in [3.05, 3.63) is 70.3 Å². The molecule has 0 spiro atoms. The summed E-state index contributed by atoms with van der Waals surface area (Å²) in [6, 6.07) is 9.84. The zero-order valence-corrected chi connectivity index (χ0v) is 16.5. The van der Waals surface area contributed by atoms with Crippen LogP contribution in [0.4, 0.5) is 21.7 Å². The largest absolute Gasteiger partial charge is 0.494 e. The molecule has 0 aliphatic heterocycles. The van der Waals surface area contributed by atoms with Crippen LogP contribution in [0.25, 0.3) is 22.2 Å². The number of rotatable bonds is 5. The Labute approximate surface area is 171 Å². The highest BCUT2D eigenvalue weighted by Gasteiger charge is 2.19. The number of aromatic nitrogens is 3. The minimum atomic E-state index is -0.983. The zero-order valence-electron chi connectivity index (χ0n) is 16.5. The molecule has 0 amide bonds. The molecule has 0 atom stereocenters. The van der Waals surface area contributed by atoms with Crippen molar-refractivity contribution >= 4 is 28.2 Å². The maximum atomic E-state index is 13.9. The van der Waals surface area contributed by atoms with Gasteiger partial charge in [-0.05, 0) is 30.7 Å². The Hall–Kier alpha value is -4.01. The highest BCUT2D eigenvalue weighted by Crippen LogP contribution is 2.33. The van der Waals surface area contributed by atoms with E-state index in [0.717, 1.165) is 34.2 Å². The molecule has 0 aliphatic carbocycles. The lowest BCUT2D eigenvalue weighted by molar-refractivity contribution is -0.387. The molecular weight excluding hydrogens is 389 g/mol. The van der Waals surface area contributed by atoms with Crippen LogP contribution >= 0.6 is 0 Å². The summed E-state index contributed by atoms with van der Waals surface area (Å²) in [5, 5.41) is 15.1. The Morgan fingerprint density at radius 1 is 1.23 bits per heavy atom. The van der Waals surface area contributed by atoms with Gasteiger partial charge in [-0.3, -0.25) is 10.1 Å². The van der Waals surface area contributed by atoms with E-state index in [2.05, 4.69) is 32.1 Å². The van der Waals surface area contributed by atoms with Crippen molar-refractivity contribution in [3.8, 4) is 17.0 Å². The van der Waals surface area contributed by atoms with Crippen LogP contribution in [0.15, 0.2) is 48.8 Å². The van der Waals surface area contributed by atoms with E-state index in [0.29, 0.717) is 5.69 Å². The zero-order chi connectivity index (χ0) is 21.4. The number of fused-ring (bicyclic) bond motifs is 1. The van der Waals surface area contributed by atoms with E-state index >= 15 is 0 Å². The van der Waals surface area contributed by atoms with Crippen molar-refractivity contribution in [1.29, 1.82) is 0 Å². The van der Waals surface area contributed by atoms with Crippen LogP contribution in [-0.2, 0) is 7.05 Å². The summed E-state index contributed by atoms with van der Waals surface area (Å²) < 4.78 is 21.1. The SMILES string of the molecule is COc1cc(F)c([N+](=O)[O-])cc1Nc1nccc(-c2ccc3c(c2)c(C)cn3C)n1. The third-order valence-electron chi connectivity index (χ3n) is 4.85. The van der Waals surface area contributed by atoms with Crippen LogP contribution in [0.3, 0.4) is 0 Å². The van der Waals surface area contributed by atoms with Gasteiger partial charge in [0.2, 0.25) is 11.8 Å². The minimum absolute atomic E-state index is 0.105. The molecule has 0 aliphatic rings. The molecule has 8 nitrogen and oxygen atoms in total. The summed E-state index contributed by atoms with van der Waals surface area (Å²) in [6.07, 6.45) is 3.65. The number of nitrogens with zero attached hydrogens (tertiary/aromatic N) is 4. The highest BCUT2D eigenvalue weighted by molar-refractivity contribution is 5.88. The average Bonchev–Trinajstić information content (AvgIpc) is 3.02. The fourth-order valence-corrected chi connectivity index (χ4v) is 3.40. The van der Waals surface area contributed by atoms with Crippen LogP contribution in [-0.4, -0.2) is 26.6 Å². The second-order valence-electron chi connectivity index (χ2n) is 6.81. The summed E-state index contributed by atoms with van der Waals surface area (Å²) in [6.45, 7) is 2.05. The molecule has 4 rings (SSSR count). The monoisotopic (exact) mass is 407 g/mol.